The molecule has 1 aliphatic heterocycles. The molecule has 0 spiro atoms. The molecule has 0 aliphatic carbocycles. The van der Waals surface area contributed by atoms with E-state index in [0.29, 0.717) is 18.9 Å². The van der Waals surface area contributed by atoms with E-state index in [-0.39, 0.29) is 5.91 Å². The summed E-state index contributed by atoms with van der Waals surface area (Å²) in [5.74, 6) is 0.528. The van der Waals surface area contributed by atoms with Gasteiger partial charge in [0.05, 0.1) is 13.2 Å². The number of anilines is 2. The van der Waals surface area contributed by atoms with Gasteiger partial charge in [0.1, 0.15) is 0 Å². The largest absolute Gasteiger partial charge is 0.378 e. The number of aryl methyl sites for hydroxylation is 2. The van der Waals surface area contributed by atoms with Gasteiger partial charge in [0.2, 0.25) is 0 Å². The molecule has 1 N–H and O–H groups in total. The molecule has 0 atom stereocenters. The van der Waals surface area contributed by atoms with Gasteiger partial charge in [-0.3, -0.25) is 4.79 Å². The summed E-state index contributed by atoms with van der Waals surface area (Å²) in [5, 5.41) is 11.2. The summed E-state index contributed by atoms with van der Waals surface area (Å²) in [6.07, 6.45) is 0. The van der Waals surface area contributed by atoms with Gasteiger partial charge in [0.25, 0.3) is 5.91 Å². The van der Waals surface area contributed by atoms with Crippen LogP contribution in [0.1, 0.15) is 21.6 Å². The second-order valence-electron chi connectivity index (χ2n) is 5.60. The molecular weight excluding hydrogens is 292 g/mol. The average Bonchev–Trinajstić information content (AvgIpc) is 2.59. The number of carbonyl (C=O) groups is 1. The van der Waals surface area contributed by atoms with Crippen molar-refractivity contribution in [3.05, 3.63) is 47.2 Å². The summed E-state index contributed by atoms with van der Waals surface area (Å²) in [5.41, 5.74) is 3.19. The van der Waals surface area contributed by atoms with Crippen LogP contribution in [-0.2, 0) is 4.74 Å². The Morgan fingerprint density at radius 2 is 1.78 bits per heavy atom. The van der Waals surface area contributed by atoms with Crippen LogP contribution >= 0.6 is 0 Å². The number of amides is 1. The zero-order valence-electron chi connectivity index (χ0n) is 13.4. The van der Waals surface area contributed by atoms with E-state index in [9.17, 15) is 4.79 Å². The van der Waals surface area contributed by atoms with Crippen molar-refractivity contribution in [3.8, 4) is 0 Å². The lowest BCUT2D eigenvalue weighted by molar-refractivity contribution is 0.102. The topological polar surface area (TPSA) is 67.4 Å². The van der Waals surface area contributed by atoms with E-state index in [2.05, 4.69) is 20.4 Å². The first kappa shape index (κ1) is 15.4. The predicted octanol–water partition coefficient (Wildman–Crippen LogP) is 2.18. The maximum absolute atomic E-state index is 12.4. The number of hydrogen-bond donors (Lipinski definition) is 1. The number of aromatic nitrogens is 2. The van der Waals surface area contributed by atoms with E-state index in [1.54, 1.807) is 6.07 Å². The molecule has 0 radical (unpaired) electrons. The smallest absolute Gasteiger partial charge is 0.276 e. The Labute approximate surface area is 135 Å². The maximum atomic E-state index is 12.4. The molecule has 0 unspecified atom stereocenters. The van der Waals surface area contributed by atoms with Crippen LogP contribution in [0.3, 0.4) is 0 Å². The molecule has 3 rings (SSSR count). The van der Waals surface area contributed by atoms with Gasteiger partial charge >= 0.3 is 0 Å². The highest BCUT2D eigenvalue weighted by molar-refractivity contribution is 6.03. The van der Waals surface area contributed by atoms with Crippen LogP contribution in [0.15, 0.2) is 30.3 Å². The molecule has 1 fully saturated rings. The number of hydrogen-bond acceptors (Lipinski definition) is 5. The molecule has 23 heavy (non-hydrogen) atoms. The van der Waals surface area contributed by atoms with Crippen molar-refractivity contribution in [2.24, 2.45) is 0 Å². The Morgan fingerprint density at radius 1 is 1.09 bits per heavy atom. The summed E-state index contributed by atoms with van der Waals surface area (Å²) in [4.78, 5) is 14.5. The first-order valence-electron chi connectivity index (χ1n) is 7.69. The Morgan fingerprint density at radius 3 is 2.39 bits per heavy atom. The summed E-state index contributed by atoms with van der Waals surface area (Å²) < 4.78 is 5.32. The fourth-order valence-electron chi connectivity index (χ4n) is 2.60. The molecule has 2 aromatic rings. The van der Waals surface area contributed by atoms with E-state index in [0.717, 1.165) is 35.7 Å². The molecule has 0 bridgehead atoms. The lowest BCUT2D eigenvalue weighted by atomic mass is 10.1. The number of carbonyl (C=O) groups excluding carboxylic acids is 1. The van der Waals surface area contributed by atoms with Gasteiger partial charge in [-0.15, -0.1) is 10.2 Å². The quantitative estimate of drug-likeness (QED) is 0.941. The number of benzene rings is 1. The first-order chi connectivity index (χ1) is 11.1. The monoisotopic (exact) mass is 312 g/mol. The van der Waals surface area contributed by atoms with Gasteiger partial charge in [0.15, 0.2) is 11.5 Å². The lowest BCUT2D eigenvalue weighted by Crippen LogP contribution is -2.37. The molecule has 1 aromatic heterocycles. The summed E-state index contributed by atoms with van der Waals surface area (Å²) in [6.45, 7) is 6.91. The van der Waals surface area contributed by atoms with Gasteiger partial charge in [-0.1, -0.05) is 18.2 Å². The van der Waals surface area contributed by atoms with E-state index >= 15 is 0 Å². The predicted molar refractivity (Wildman–Crippen MR) is 88.9 cm³/mol. The van der Waals surface area contributed by atoms with E-state index < -0.39 is 0 Å². The van der Waals surface area contributed by atoms with Crippen molar-refractivity contribution in [2.45, 2.75) is 13.8 Å². The molecular formula is C17H20N4O2. The fraction of sp³-hybridized carbons (Fsp3) is 0.353. The highest BCUT2D eigenvalue weighted by Gasteiger charge is 2.15. The second-order valence-corrected chi connectivity index (χ2v) is 5.60. The van der Waals surface area contributed by atoms with Crippen LogP contribution in [0.4, 0.5) is 11.5 Å². The zero-order valence-corrected chi connectivity index (χ0v) is 13.4. The minimum atomic E-state index is -0.247. The normalized spacial score (nSPS) is 14.6. The van der Waals surface area contributed by atoms with Crippen molar-refractivity contribution in [2.75, 3.05) is 36.5 Å². The minimum absolute atomic E-state index is 0.247. The number of nitrogens with one attached hydrogen (secondary N) is 1. The third kappa shape index (κ3) is 3.48. The number of para-hydroxylation sites is 1. The van der Waals surface area contributed by atoms with E-state index in [4.69, 9.17) is 4.74 Å². The molecule has 1 aliphatic rings. The first-order valence-corrected chi connectivity index (χ1v) is 7.69. The number of ether oxygens (including phenoxy) is 1. The van der Waals surface area contributed by atoms with Gasteiger partial charge in [-0.05, 0) is 37.1 Å². The van der Waals surface area contributed by atoms with Crippen LogP contribution in [0.5, 0.6) is 0 Å². The van der Waals surface area contributed by atoms with Gasteiger partial charge in [-0.25, -0.2) is 0 Å². The van der Waals surface area contributed by atoms with Crippen LogP contribution in [-0.4, -0.2) is 42.4 Å². The van der Waals surface area contributed by atoms with Crippen molar-refractivity contribution < 1.29 is 9.53 Å². The van der Waals surface area contributed by atoms with Gasteiger partial charge < -0.3 is 15.0 Å². The zero-order chi connectivity index (χ0) is 16.2. The lowest BCUT2D eigenvalue weighted by Gasteiger charge is -2.27. The molecule has 0 saturated carbocycles. The summed E-state index contributed by atoms with van der Waals surface area (Å²) >= 11 is 0. The third-order valence-electron chi connectivity index (χ3n) is 3.94. The minimum Gasteiger partial charge on any atom is -0.378 e. The van der Waals surface area contributed by atoms with Crippen molar-refractivity contribution >= 4 is 17.4 Å². The van der Waals surface area contributed by atoms with Crippen molar-refractivity contribution in [3.63, 3.8) is 0 Å². The summed E-state index contributed by atoms with van der Waals surface area (Å²) in [6, 6.07) is 9.45. The third-order valence-corrected chi connectivity index (χ3v) is 3.94. The fourth-order valence-corrected chi connectivity index (χ4v) is 2.60. The highest BCUT2D eigenvalue weighted by atomic mass is 16.5. The Bertz CT molecular complexity index is 674. The standard InChI is InChI=1S/C17H20N4O2/c1-12-4-3-5-13(2)16(12)18-17(22)14-6-7-15(20-19-14)21-8-10-23-11-9-21/h3-7H,8-11H2,1-2H3,(H,18,22). The van der Waals surface area contributed by atoms with Crippen LogP contribution in [0, 0.1) is 13.8 Å². The molecule has 6 nitrogen and oxygen atoms in total. The van der Waals surface area contributed by atoms with Crippen LogP contribution in [0.25, 0.3) is 0 Å². The molecule has 1 amide bonds. The molecule has 120 valence electrons. The Balaban J connectivity index is 1.72. The molecule has 1 saturated heterocycles. The average molecular weight is 312 g/mol. The van der Waals surface area contributed by atoms with E-state index in [1.165, 1.54) is 0 Å². The van der Waals surface area contributed by atoms with Crippen molar-refractivity contribution in [1.82, 2.24) is 10.2 Å². The van der Waals surface area contributed by atoms with Crippen LogP contribution < -0.4 is 10.2 Å². The van der Waals surface area contributed by atoms with Crippen molar-refractivity contribution in [1.29, 1.82) is 0 Å². The Hall–Kier alpha value is -2.47. The maximum Gasteiger partial charge on any atom is 0.276 e. The number of rotatable bonds is 3. The number of morpholine rings is 1. The highest BCUT2D eigenvalue weighted by Crippen LogP contribution is 2.20. The molecule has 6 heteroatoms. The SMILES string of the molecule is Cc1cccc(C)c1NC(=O)c1ccc(N2CCOCC2)nn1. The summed E-state index contributed by atoms with van der Waals surface area (Å²) in [7, 11) is 0. The molecule has 2 heterocycles. The van der Waals surface area contributed by atoms with Gasteiger partial charge in [-0.2, -0.15) is 0 Å². The second kappa shape index (κ2) is 6.75. The Kier molecular flexibility index (Phi) is 4.52. The molecule has 1 aromatic carbocycles. The van der Waals surface area contributed by atoms with E-state index in [1.807, 2.05) is 38.1 Å². The van der Waals surface area contributed by atoms with Gasteiger partial charge in [0, 0.05) is 18.8 Å². The van der Waals surface area contributed by atoms with Crippen LogP contribution in [0.2, 0.25) is 0 Å². The number of nitrogens with zero attached hydrogens (tertiary/aromatic N) is 3.